The third-order valence-electron chi connectivity index (χ3n) is 26.1. The summed E-state index contributed by atoms with van der Waals surface area (Å²) in [6, 6.07) is 57.5. The number of hydrogen-bond acceptors (Lipinski definition) is 8. The van der Waals surface area contributed by atoms with Crippen molar-refractivity contribution in [3.05, 3.63) is 286 Å². The molecule has 8 aliphatic rings. The van der Waals surface area contributed by atoms with Crippen LogP contribution in [-0.2, 0) is 90.2 Å². The first-order valence-corrected chi connectivity index (χ1v) is 39.8. The van der Waals surface area contributed by atoms with Crippen molar-refractivity contribution in [1.82, 2.24) is 38.2 Å². The molecule has 4 saturated carbocycles. The molecule has 16 aromatic rings. The van der Waals surface area contributed by atoms with Crippen molar-refractivity contribution in [3.8, 4) is 0 Å². The summed E-state index contributed by atoms with van der Waals surface area (Å²) in [7, 11) is 0. The van der Waals surface area contributed by atoms with Gasteiger partial charge in [0.25, 0.3) is 0 Å². The molecule has 8 aromatic heterocycles. The van der Waals surface area contributed by atoms with Crippen molar-refractivity contribution >= 4 is 133 Å². The van der Waals surface area contributed by atoms with Crippen LogP contribution in [0.3, 0.4) is 0 Å². The first-order chi connectivity index (χ1) is 54.9. The number of rotatable bonds is 8. The number of aromatic nitrogens is 8. The molecule has 0 saturated heterocycles. The van der Waals surface area contributed by atoms with E-state index in [1.54, 1.807) is 0 Å². The summed E-state index contributed by atoms with van der Waals surface area (Å²) in [6.45, 7) is 3.89. The molecule has 4 fully saturated rings. The highest BCUT2D eigenvalue weighted by molar-refractivity contribution is 6.19. The highest BCUT2D eigenvalue weighted by atomic mass is 16.2. The lowest BCUT2D eigenvalue weighted by molar-refractivity contribution is -0.123. The number of carbonyl (C=O) groups excluding carboxylic acids is 8. The number of hydrogen-bond donors (Lipinski definition) is 4. The largest absolute Gasteiger partial charge is 0.361 e. The number of benzene rings is 8. The fourth-order valence-corrected chi connectivity index (χ4v) is 21.4. The molecule has 8 atom stereocenters. The molecule has 16 nitrogen and oxygen atoms in total. The Morgan fingerprint density at radius 1 is 0.230 bits per heavy atom. The lowest BCUT2D eigenvalue weighted by Gasteiger charge is -2.17. The van der Waals surface area contributed by atoms with Crippen molar-refractivity contribution in [2.24, 2.45) is 0 Å². The molecule has 24 rings (SSSR count). The number of ketones is 8. The molecular formula is C97H84N8O8. The molecule has 4 aliphatic carbocycles. The molecule has 8 aromatic carbocycles. The molecule has 4 aliphatic heterocycles. The Hall–Kier alpha value is -12.6. The Labute approximate surface area is 650 Å². The molecule has 0 amide bonds. The minimum Gasteiger partial charge on any atom is -0.361 e. The second-order valence-electron chi connectivity index (χ2n) is 32.2. The first kappa shape index (κ1) is 69.6. The van der Waals surface area contributed by atoms with Gasteiger partial charge in [-0.3, -0.25) is 38.4 Å². The highest BCUT2D eigenvalue weighted by Crippen LogP contribution is 2.52. The van der Waals surface area contributed by atoms with Crippen molar-refractivity contribution in [3.63, 3.8) is 0 Å². The summed E-state index contributed by atoms with van der Waals surface area (Å²) >= 11 is 0. The average molecular weight is 1490 g/mol. The smallest absolute Gasteiger partial charge is 0.148 e. The molecule has 4 N–H and O–H groups in total. The second-order valence-corrected chi connectivity index (χ2v) is 32.2. The topological polar surface area (TPSA) is 219 Å². The Bertz CT molecular complexity index is 5910. The maximum absolute atomic E-state index is 13.0. The lowest BCUT2D eigenvalue weighted by Crippen LogP contribution is -2.14. The van der Waals surface area contributed by atoms with Gasteiger partial charge in [0.05, 0.1) is 95.1 Å². The van der Waals surface area contributed by atoms with E-state index in [1.165, 1.54) is 44.3 Å². The van der Waals surface area contributed by atoms with Crippen molar-refractivity contribution in [1.29, 1.82) is 0 Å². The summed E-state index contributed by atoms with van der Waals surface area (Å²) in [4.78, 5) is 117. The predicted octanol–water partition coefficient (Wildman–Crippen LogP) is 18.5. The van der Waals surface area contributed by atoms with Gasteiger partial charge in [-0.2, -0.15) is 0 Å². The average Bonchev–Trinajstić information content (AvgIpc) is 1.59. The van der Waals surface area contributed by atoms with Gasteiger partial charge >= 0.3 is 0 Å². The van der Waals surface area contributed by atoms with E-state index in [0.717, 1.165) is 187 Å². The molecule has 0 radical (unpaired) electrons. The van der Waals surface area contributed by atoms with E-state index in [2.05, 4.69) is 136 Å². The van der Waals surface area contributed by atoms with E-state index in [9.17, 15) is 38.4 Å². The SMILES string of the molecule is C.O=C1CC(=O)[C@@H](c2c[nH]c3ccccc23)[C@H]1c1cn2c3c(cccc13)CCC2.O=C1CC(=O)[C@@H](c2cn3c4c(cccc24)CCC3)[C@@H]1c1c[nH]c2ccccc12.O=C1CC(=O)[C@@H](c2cn3c4c(cccc24)CCC3)[C@H]1c1c[nH]c2ccccc12.O=C1CC(=O)[C@H](c2cn3c4c(cccc24)CCC3)[C@H]1c1c[nH]c2ccccc12. The van der Waals surface area contributed by atoms with Gasteiger partial charge in [-0.25, -0.2) is 0 Å². The highest BCUT2D eigenvalue weighted by Gasteiger charge is 2.50. The minimum atomic E-state index is -0.410. The Balaban J connectivity index is 0.0000000976. The van der Waals surface area contributed by atoms with Crippen molar-refractivity contribution < 1.29 is 38.4 Å². The van der Waals surface area contributed by atoms with Crippen LogP contribution in [0.25, 0.3) is 87.2 Å². The molecule has 0 bridgehead atoms. The zero-order valence-electron chi connectivity index (χ0n) is 61.8. The maximum Gasteiger partial charge on any atom is 0.148 e. The molecule has 0 unspecified atom stereocenters. The standard InChI is InChI=1S/4C24H20N2O2.CH4/c4*27-20-11-21(28)23(22(20)17-12-25-19-9-2-1-7-15(17)19)18-13-26-10-4-6-14-5-3-8-16(18)24(14)26;/h4*1-3,5,7-9,12-13,22-23,25H,4,6,10-11H2;1H4/t2*22-,23+;2*22-,23-;/m1010./s1. The Morgan fingerprint density at radius 3 is 0.646 bits per heavy atom. The van der Waals surface area contributed by atoms with Crippen LogP contribution in [0.4, 0.5) is 0 Å². The van der Waals surface area contributed by atoms with Gasteiger partial charge in [-0.15, -0.1) is 0 Å². The maximum atomic E-state index is 13.0. The van der Waals surface area contributed by atoms with Gasteiger partial charge in [0, 0.05) is 141 Å². The van der Waals surface area contributed by atoms with E-state index >= 15 is 0 Å². The van der Waals surface area contributed by atoms with Gasteiger partial charge in [-0.05, 0) is 142 Å². The van der Waals surface area contributed by atoms with Crippen LogP contribution < -0.4 is 0 Å². The molecular weight excluding hydrogens is 1410 g/mol. The number of nitrogens with zero attached hydrogens (tertiary/aromatic N) is 4. The molecule has 12 heterocycles. The summed E-state index contributed by atoms with van der Waals surface area (Å²) in [6.07, 6.45) is 25.1. The van der Waals surface area contributed by atoms with Gasteiger partial charge in [0.1, 0.15) is 46.3 Å². The summed E-state index contributed by atoms with van der Waals surface area (Å²) in [5.74, 6) is -2.92. The third-order valence-corrected chi connectivity index (χ3v) is 26.1. The Morgan fingerprint density at radius 2 is 0.425 bits per heavy atom. The second kappa shape index (κ2) is 27.4. The monoisotopic (exact) mass is 1490 g/mol. The summed E-state index contributed by atoms with van der Waals surface area (Å²) in [5, 5.41) is 8.68. The fraction of sp³-hybridized carbons (Fsp3) is 0.258. The fourth-order valence-electron chi connectivity index (χ4n) is 21.4. The van der Waals surface area contributed by atoms with Crippen LogP contribution in [0.1, 0.15) is 173 Å². The van der Waals surface area contributed by atoms with E-state index in [1.807, 2.05) is 122 Å². The van der Waals surface area contributed by atoms with E-state index in [0.29, 0.717) is 0 Å². The summed E-state index contributed by atoms with van der Waals surface area (Å²) in [5.41, 5.74) is 22.2. The number of nitrogens with one attached hydrogen (secondary N) is 4. The predicted molar refractivity (Wildman–Crippen MR) is 441 cm³/mol. The molecule has 16 heteroatoms. The number of aryl methyl sites for hydroxylation is 8. The number of aromatic amines is 4. The van der Waals surface area contributed by atoms with E-state index in [-0.39, 0.29) is 79.4 Å². The van der Waals surface area contributed by atoms with Gasteiger partial charge < -0.3 is 38.2 Å². The molecule has 113 heavy (non-hydrogen) atoms. The van der Waals surface area contributed by atoms with Crippen LogP contribution in [-0.4, -0.2) is 84.5 Å². The number of Topliss-reactive ketones (excluding diaryl/α,β-unsaturated/α-hetero) is 8. The van der Waals surface area contributed by atoms with Gasteiger partial charge in [0.2, 0.25) is 0 Å². The van der Waals surface area contributed by atoms with Gasteiger partial charge in [0.15, 0.2) is 0 Å². The zero-order chi connectivity index (χ0) is 75.3. The number of carbonyl (C=O) groups is 8. The zero-order valence-corrected chi connectivity index (χ0v) is 61.8. The van der Waals surface area contributed by atoms with E-state index < -0.39 is 47.3 Å². The van der Waals surface area contributed by atoms with Crippen LogP contribution in [0, 0.1) is 0 Å². The van der Waals surface area contributed by atoms with E-state index in [4.69, 9.17) is 0 Å². The van der Waals surface area contributed by atoms with Crippen LogP contribution in [0.15, 0.2) is 219 Å². The molecule has 0 spiro atoms. The normalized spacial score (nSPS) is 21.7. The van der Waals surface area contributed by atoms with Crippen molar-refractivity contribution in [2.45, 2.75) is 158 Å². The first-order valence-electron chi connectivity index (χ1n) is 39.8. The quantitative estimate of drug-likeness (QED) is 0.107. The number of para-hydroxylation sites is 8. The Kier molecular flexibility index (Phi) is 16.9. The van der Waals surface area contributed by atoms with Crippen LogP contribution in [0.2, 0.25) is 0 Å². The lowest BCUT2D eigenvalue weighted by atomic mass is 9.83. The number of fused-ring (bicyclic) bond motifs is 4. The van der Waals surface area contributed by atoms with Crippen molar-refractivity contribution in [2.75, 3.05) is 0 Å². The number of H-pyrrole nitrogens is 4. The minimum absolute atomic E-state index is 0. The van der Waals surface area contributed by atoms with Crippen LogP contribution in [0.5, 0.6) is 0 Å². The van der Waals surface area contributed by atoms with Gasteiger partial charge in [-0.1, -0.05) is 153 Å². The summed E-state index contributed by atoms with van der Waals surface area (Å²) < 4.78 is 9.13. The third kappa shape index (κ3) is 11.1. The van der Waals surface area contributed by atoms with Crippen LogP contribution >= 0.6 is 0 Å². The molecule has 560 valence electrons.